The molecule has 0 saturated heterocycles. The van der Waals surface area contributed by atoms with Gasteiger partial charge in [0.05, 0.1) is 12.2 Å². The van der Waals surface area contributed by atoms with Gasteiger partial charge in [-0.1, -0.05) is 104 Å². The fraction of sp³-hybridized carbons (Fsp3) is 0.417. The van der Waals surface area contributed by atoms with Crippen LogP contribution in [0.5, 0.6) is 0 Å². The first-order valence-corrected chi connectivity index (χ1v) is 15.0. The Balaban J connectivity index is 0.000000315. The molecule has 6 heteroatoms. The number of hydrogen-bond donors (Lipinski definition) is 3. The molecule has 3 aromatic carbocycles. The Kier molecular flexibility index (Phi) is 20.2. The molecule has 0 saturated carbocycles. The summed E-state index contributed by atoms with van der Waals surface area (Å²) < 4.78 is 0. The number of ketones is 3. The number of aliphatic hydroxyl groups excluding tert-OH is 3. The smallest absolute Gasteiger partial charge is 0.162 e. The minimum absolute atomic E-state index is 0.109. The lowest BCUT2D eigenvalue weighted by atomic mass is 10.0. The van der Waals surface area contributed by atoms with Crippen LogP contribution in [0.4, 0.5) is 0 Å². The molecule has 0 radical (unpaired) electrons. The fourth-order valence-corrected chi connectivity index (χ4v) is 3.94. The van der Waals surface area contributed by atoms with Crippen LogP contribution in [0.15, 0.2) is 91.0 Å². The number of carbonyl (C=O) groups is 3. The highest BCUT2D eigenvalue weighted by molar-refractivity contribution is 5.96. The summed E-state index contributed by atoms with van der Waals surface area (Å²) in [6.07, 6.45) is 6.20. The highest BCUT2D eigenvalue weighted by Gasteiger charge is 2.08. The SMILES string of the molecule is CC(O)CCCC(=O)c1ccccc1.CCC(O)CCC(=O)c1ccccc1.O=C(CCCCCO)c1ccccc1. The molecule has 0 bridgehead atoms. The van der Waals surface area contributed by atoms with Gasteiger partial charge in [0.2, 0.25) is 0 Å². The lowest BCUT2D eigenvalue weighted by Gasteiger charge is -2.06. The third-order valence-corrected chi connectivity index (χ3v) is 6.55. The molecular weight excluding hydrogens is 528 g/mol. The molecule has 228 valence electrons. The van der Waals surface area contributed by atoms with Gasteiger partial charge >= 0.3 is 0 Å². The molecule has 2 atom stereocenters. The van der Waals surface area contributed by atoms with Crippen LogP contribution < -0.4 is 0 Å². The van der Waals surface area contributed by atoms with Crippen molar-refractivity contribution < 1.29 is 29.7 Å². The number of carbonyl (C=O) groups excluding carboxylic acids is 3. The molecule has 0 fully saturated rings. The molecule has 6 nitrogen and oxygen atoms in total. The summed E-state index contributed by atoms with van der Waals surface area (Å²) in [5.74, 6) is 0.466. The first kappa shape index (κ1) is 36.6. The third-order valence-electron chi connectivity index (χ3n) is 6.55. The van der Waals surface area contributed by atoms with E-state index in [0.29, 0.717) is 38.5 Å². The lowest BCUT2D eigenvalue weighted by molar-refractivity contribution is 0.0935. The second-order valence-corrected chi connectivity index (χ2v) is 10.2. The summed E-state index contributed by atoms with van der Waals surface area (Å²) in [7, 11) is 0. The molecule has 42 heavy (non-hydrogen) atoms. The summed E-state index contributed by atoms with van der Waals surface area (Å²) in [6, 6.07) is 27.8. The molecule has 3 aromatic rings. The lowest BCUT2D eigenvalue weighted by Crippen LogP contribution is -2.08. The zero-order valence-corrected chi connectivity index (χ0v) is 25.2. The maximum absolute atomic E-state index is 11.6. The molecule has 0 aliphatic heterocycles. The highest BCUT2D eigenvalue weighted by atomic mass is 16.3. The molecular formula is C36H48O6. The van der Waals surface area contributed by atoms with Crippen molar-refractivity contribution in [3.05, 3.63) is 108 Å². The maximum Gasteiger partial charge on any atom is 0.162 e. The first-order valence-electron chi connectivity index (χ1n) is 15.0. The summed E-state index contributed by atoms with van der Waals surface area (Å²) in [5, 5.41) is 26.9. The number of benzene rings is 3. The van der Waals surface area contributed by atoms with Gasteiger partial charge < -0.3 is 15.3 Å². The van der Waals surface area contributed by atoms with Crippen LogP contribution in [0.1, 0.15) is 109 Å². The van der Waals surface area contributed by atoms with Crippen LogP contribution in [0.25, 0.3) is 0 Å². The molecule has 0 aliphatic rings. The molecule has 2 unspecified atom stereocenters. The van der Waals surface area contributed by atoms with E-state index in [1.54, 1.807) is 19.1 Å². The van der Waals surface area contributed by atoms with Crippen LogP contribution >= 0.6 is 0 Å². The highest BCUT2D eigenvalue weighted by Crippen LogP contribution is 2.10. The minimum atomic E-state index is -0.345. The monoisotopic (exact) mass is 576 g/mol. The molecule has 0 aliphatic carbocycles. The topological polar surface area (TPSA) is 112 Å². The zero-order chi connectivity index (χ0) is 31.0. The molecule has 0 spiro atoms. The Morgan fingerprint density at radius 3 is 1.36 bits per heavy atom. The van der Waals surface area contributed by atoms with Crippen molar-refractivity contribution >= 4 is 17.3 Å². The Morgan fingerprint density at radius 2 is 0.976 bits per heavy atom. The number of hydrogen-bond acceptors (Lipinski definition) is 6. The molecule has 3 rings (SSSR count). The summed E-state index contributed by atoms with van der Waals surface area (Å²) in [4.78, 5) is 34.6. The van der Waals surface area contributed by atoms with E-state index in [9.17, 15) is 19.5 Å². The fourth-order valence-electron chi connectivity index (χ4n) is 3.94. The Labute approximate surface area is 251 Å². The van der Waals surface area contributed by atoms with E-state index in [0.717, 1.165) is 42.4 Å². The normalized spacial score (nSPS) is 11.6. The van der Waals surface area contributed by atoms with Crippen LogP contribution in [-0.4, -0.2) is 51.5 Å². The van der Waals surface area contributed by atoms with Gasteiger partial charge in [-0.3, -0.25) is 14.4 Å². The van der Waals surface area contributed by atoms with Crippen molar-refractivity contribution in [1.82, 2.24) is 0 Å². The van der Waals surface area contributed by atoms with Gasteiger partial charge in [-0.15, -0.1) is 0 Å². The average molecular weight is 577 g/mol. The van der Waals surface area contributed by atoms with E-state index in [4.69, 9.17) is 10.2 Å². The number of unbranched alkanes of at least 4 members (excludes halogenated alkanes) is 2. The first-order chi connectivity index (χ1) is 20.3. The Morgan fingerprint density at radius 1 is 0.571 bits per heavy atom. The van der Waals surface area contributed by atoms with Crippen LogP contribution in [0.2, 0.25) is 0 Å². The number of Topliss-reactive ketones (excluding diaryl/α,β-unsaturated/α-hetero) is 3. The van der Waals surface area contributed by atoms with Gasteiger partial charge in [-0.2, -0.15) is 0 Å². The van der Waals surface area contributed by atoms with Gasteiger partial charge in [0, 0.05) is 42.6 Å². The maximum atomic E-state index is 11.6. The van der Waals surface area contributed by atoms with E-state index in [-0.39, 0.29) is 36.2 Å². The third kappa shape index (κ3) is 17.4. The Hall–Kier alpha value is -3.45. The summed E-state index contributed by atoms with van der Waals surface area (Å²) in [5.41, 5.74) is 2.28. The molecule has 0 aromatic heterocycles. The van der Waals surface area contributed by atoms with Crippen LogP contribution in [0.3, 0.4) is 0 Å². The second-order valence-electron chi connectivity index (χ2n) is 10.2. The molecule has 0 amide bonds. The van der Waals surface area contributed by atoms with E-state index < -0.39 is 0 Å². The van der Waals surface area contributed by atoms with E-state index >= 15 is 0 Å². The second kappa shape index (κ2) is 23.1. The van der Waals surface area contributed by atoms with Crippen molar-refractivity contribution in [2.45, 2.75) is 90.3 Å². The van der Waals surface area contributed by atoms with E-state index in [1.807, 2.05) is 85.8 Å². The van der Waals surface area contributed by atoms with Gasteiger partial charge in [0.25, 0.3) is 0 Å². The van der Waals surface area contributed by atoms with Crippen molar-refractivity contribution in [2.75, 3.05) is 6.61 Å². The van der Waals surface area contributed by atoms with E-state index in [1.165, 1.54) is 0 Å². The van der Waals surface area contributed by atoms with Crippen molar-refractivity contribution in [3.63, 3.8) is 0 Å². The van der Waals surface area contributed by atoms with E-state index in [2.05, 4.69) is 0 Å². The standard InChI is InChI=1S/3C12H16O2/c1-10(13)6-5-9-12(14)11-7-3-2-4-8-11;13-10-6-2-5-9-12(14)11-7-3-1-4-8-11;1-2-11(13)8-9-12(14)10-6-4-3-5-7-10/h2-4,7-8,10,13H,5-6,9H2,1H3;1,3-4,7-8,13H,2,5-6,9-10H2;3-7,11,13H,2,8-9H2,1H3. The zero-order valence-electron chi connectivity index (χ0n) is 25.2. The number of aliphatic hydroxyl groups is 3. The van der Waals surface area contributed by atoms with Gasteiger partial charge in [0.15, 0.2) is 17.3 Å². The van der Waals surface area contributed by atoms with Crippen LogP contribution in [-0.2, 0) is 0 Å². The predicted molar refractivity (Wildman–Crippen MR) is 169 cm³/mol. The summed E-state index contributed by atoms with van der Waals surface area (Å²) >= 11 is 0. The average Bonchev–Trinajstić information content (AvgIpc) is 3.03. The largest absolute Gasteiger partial charge is 0.396 e. The van der Waals surface area contributed by atoms with Gasteiger partial charge in [-0.05, 0) is 45.4 Å². The predicted octanol–water partition coefficient (Wildman–Crippen LogP) is 7.26. The quantitative estimate of drug-likeness (QED) is 0.122. The summed E-state index contributed by atoms with van der Waals surface area (Å²) in [6.45, 7) is 3.88. The van der Waals surface area contributed by atoms with Gasteiger partial charge in [-0.25, -0.2) is 0 Å². The Bertz CT molecular complexity index is 1110. The minimum Gasteiger partial charge on any atom is -0.396 e. The van der Waals surface area contributed by atoms with Crippen molar-refractivity contribution in [1.29, 1.82) is 0 Å². The van der Waals surface area contributed by atoms with Crippen molar-refractivity contribution in [2.24, 2.45) is 0 Å². The van der Waals surface area contributed by atoms with Crippen molar-refractivity contribution in [3.8, 4) is 0 Å². The molecule has 0 heterocycles. The molecule has 3 N–H and O–H groups in total. The van der Waals surface area contributed by atoms with Gasteiger partial charge in [0.1, 0.15) is 0 Å². The number of rotatable bonds is 16. The van der Waals surface area contributed by atoms with Crippen LogP contribution in [0, 0.1) is 0 Å².